The van der Waals surface area contributed by atoms with E-state index >= 15 is 0 Å². The van der Waals surface area contributed by atoms with E-state index in [0.717, 1.165) is 22.7 Å². The van der Waals surface area contributed by atoms with E-state index < -0.39 is 11.9 Å². The zero-order chi connectivity index (χ0) is 10.7. The number of nitrogens with zero attached hydrogens (tertiary/aromatic N) is 2. The Labute approximate surface area is 92.4 Å². The van der Waals surface area contributed by atoms with Gasteiger partial charge in [-0.25, -0.2) is 19.6 Å². The fraction of sp³-hybridized carbons (Fsp3) is 0. The normalized spacial score (nSPS) is 9.87. The highest BCUT2D eigenvalue weighted by atomic mass is 32.1. The first-order valence-corrected chi connectivity index (χ1v) is 5.59. The zero-order valence-electron chi connectivity index (χ0n) is 7.25. The van der Waals surface area contributed by atoms with Crippen molar-refractivity contribution in [3.05, 3.63) is 33.2 Å². The van der Waals surface area contributed by atoms with Gasteiger partial charge in [-0.05, 0) is 0 Å². The van der Waals surface area contributed by atoms with Crippen molar-refractivity contribution in [3.63, 3.8) is 0 Å². The molecule has 0 aromatic carbocycles. The molecular formula is C8H4N2O3S2. The third kappa shape index (κ3) is 2.25. The Kier molecular flexibility index (Phi) is 2.84. The highest BCUT2D eigenvalue weighted by Gasteiger charge is 2.18. The maximum absolute atomic E-state index is 11.3. The molecule has 7 heteroatoms. The van der Waals surface area contributed by atoms with Crippen molar-refractivity contribution in [3.8, 4) is 0 Å². The van der Waals surface area contributed by atoms with E-state index in [9.17, 15) is 9.59 Å². The second-order valence-electron chi connectivity index (χ2n) is 2.35. The van der Waals surface area contributed by atoms with Crippen molar-refractivity contribution in [2.24, 2.45) is 0 Å². The quantitative estimate of drug-likeness (QED) is 0.589. The maximum atomic E-state index is 11.3. The van der Waals surface area contributed by atoms with Gasteiger partial charge in [0, 0.05) is 23.2 Å². The molecule has 0 atom stereocenters. The highest BCUT2D eigenvalue weighted by Crippen LogP contribution is 2.10. The number of hydrogen-bond acceptors (Lipinski definition) is 7. The van der Waals surface area contributed by atoms with Crippen LogP contribution in [0.4, 0.5) is 0 Å². The van der Waals surface area contributed by atoms with Crippen molar-refractivity contribution >= 4 is 34.6 Å². The van der Waals surface area contributed by atoms with Gasteiger partial charge in [0.1, 0.15) is 0 Å². The van der Waals surface area contributed by atoms with Crippen molar-refractivity contribution in [1.29, 1.82) is 0 Å². The summed E-state index contributed by atoms with van der Waals surface area (Å²) in [6, 6.07) is 0. The van der Waals surface area contributed by atoms with Gasteiger partial charge in [-0.2, -0.15) is 0 Å². The number of aromatic nitrogens is 2. The molecule has 0 radical (unpaired) electrons. The van der Waals surface area contributed by atoms with Crippen LogP contribution in [0.3, 0.4) is 0 Å². The molecule has 0 fully saturated rings. The third-order valence-corrected chi connectivity index (χ3v) is 2.91. The van der Waals surface area contributed by atoms with Gasteiger partial charge in [0.25, 0.3) is 0 Å². The van der Waals surface area contributed by atoms with E-state index in [-0.39, 0.29) is 10.0 Å². The lowest BCUT2D eigenvalue weighted by Gasteiger charge is -1.96. The van der Waals surface area contributed by atoms with Crippen LogP contribution in [0.1, 0.15) is 19.6 Å². The lowest BCUT2D eigenvalue weighted by Crippen LogP contribution is -2.12. The molecule has 15 heavy (non-hydrogen) atoms. The van der Waals surface area contributed by atoms with Gasteiger partial charge in [-0.1, -0.05) is 0 Å². The third-order valence-electron chi connectivity index (χ3n) is 1.40. The number of carbonyl (C=O) groups is 2. The predicted octanol–water partition coefficient (Wildman–Crippen LogP) is 1.60. The number of carbonyl (C=O) groups excluding carboxylic acids is 2. The molecule has 0 aliphatic carbocycles. The van der Waals surface area contributed by atoms with E-state index in [0.29, 0.717) is 0 Å². The maximum Gasteiger partial charge on any atom is 0.375 e. The Hall–Kier alpha value is -1.60. The standard InChI is InChI=1S/C8H4N2O3S2/c11-7(5-9-1-3-14-5)13-8(12)6-10-2-4-15-6/h1-4H. The topological polar surface area (TPSA) is 69.2 Å². The van der Waals surface area contributed by atoms with Crippen LogP contribution in [-0.4, -0.2) is 21.9 Å². The first-order chi connectivity index (χ1) is 7.27. The summed E-state index contributed by atoms with van der Waals surface area (Å²) in [7, 11) is 0. The molecule has 2 aromatic rings. The smallest absolute Gasteiger partial charge is 0.375 e. The molecule has 2 heterocycles. The number of ether oxygens (including phenoxy) is 1. The summed E-state index contributed by atoms with van der Waals surface area (Å²) in [6.45, 7) is 0. The molecule has 0 saturated carbocycles. The second-order valence-corrected chi connectivity index (χ2v) is 4.14. The average Bonchev–Trinajstić information content (AvgIpc) is 2.91. The van der Waals surface area contributed by atoms with Crippen LogP contribution in [0, 0.1) is 0 Å². The molecule has 0 amide bonds. The van der Waals surface area contributed by atoms with Crippen LogP contribution in [0.25, 0.3) is 0 Å². The largest absolute Gasteiger partial charge is 0.382 e. The van der Waals surface area contributed by atoms with Gasteiger partial charge < -0.3 is 4.74 Å². The molecule has 2 aromatic heterocycles. The van der Waals surface area contributed by atoms with Gasteiger partial charge in [0.05, 0.1) is 0 Å². The Morgan fingerprint density at radius 2 is 1.47 bits per heavy atom. The Morgan fingerprint density at radius 1 is 1.00 bits per heavy atom. The van der Waals surface area contributed by atoms with Crippen LogP contribution < -0.4 is 0 Å². The van der Waals surface area contributed by atoms with Crippen LogP contribution in [0.15, 0.2) is 23.2 Å². The molecule has 0 spiro atoms. The second kappa shape index (κ2) is 4.28. The summed E-state index contributed by atoms with van der Waals surface area (Å²) in [4.78, 5) is 30.0. The summed E-state index contributed by atoms with van der Waals surface area (Å²) in [5, 5.41) is 3.56. The Bertz CT molecular complexity index is 420. The van der Waals surface area contributed by atoms with Gasteiger partial charge in [0.2, 0.25) is 10.0 Å². The lowest BCUT2D eigenvalue weighted by molar-refractivity contribution is 0.0397. The number of hydrogen-bond donors (Lipinski definition) is 0. The molecule has 0 aliphatic rings. The first-order valence-electron chi connectivity index (χ1n) is 3.83. The lowest BCUT2D eigenvalue weighted by atomic mass is 10.6. The summed E-state index contributed by atoms with van der Waals surface area (Å²) >= 11 is 2.23. The van der Waals surface area contributed by atoms with Gasteiger partial charge in [0.15, 0.2) is 0 Å². The average molecular weight is 240 g/mol. The predicted molar refractivity (Wildman–Crippen MR) is 54.0 cm³/mol. The fourth-order valence-corrected chi connectivity index (χ4v) is 1.84. The summed E-state index contributed by atoms with van der Waals surface area (Å²) in [5.41, 5.74) is 0. The molecule has 0 N–H and O–H groups in total. The molecule has 2 rings (SSSR count). The van der Waals surface area contributed by atoms with Crippen LogP contribution in [0.2, 0.25) is 0 Å². The van der Waals surface area contributed by atoms with Crippen molar-refractivity contribution in [2.75, 3.05) is 0 Å². The summed E-state index contributed by atoms with van der Waals surface area (Å²) < 4.78 is 4.56. The molecule has 76 valence electrons. The first kappa shape index (κ1) is 9.94. The van der Waals surface area contributed by atoms with Crippen LogP contribution in [-0.2, 0) is 4.74 Å². The minimum Gasteiger partial charge on any atom is -0.382 e. The number of rotatable bonds is 2. The fourth-order valence-electron chi connectivity index (χ4n) is 0.820. The molecule has 0 saturated heterocycles. The van der Waals surface area contributed by atoms with Crippen LogP contribution >= 0.6 is 22.7 Å². The van der Waals surface area contributed by atoms with Gasteiger partial charge >= 0.3 is 11.9 Å². The Balaban J connectivity index is 2.04. The van der Waals surface area contributed by atoms with Crippen molar-refractivity contribution in [1.82, 2.24) is 9.97 Å². The van der Waals surface area contributed by atoms with E-state index in [1.54, 1.807) is 10.8 Å². The zero-order valence-corrected chi connectivity index (χ0v) is 8.88. The van der Waals surface area contributed by atoms with E-state index in [2.05, 4.69) is 14.7 Å². The summed E-state index contributed by atoms with van der Waals surface area (Å²) in [5.74, 6) is -1.49. The SMILES string of the molecule is O=C(OC(=O)c1nccs1)c1nccs1. The van der Waals surface area contributed by atoms with E-state index in [1.807, 2.05) is 0 Å². The minimum absolute atomic E-state index is 0.153. The van der Waals surface area contributed by atoms with Gasteiger partial charge in [-0.3, -0.25) is 0 Å². The van der Waals surface area contributed by atoms with Crippen molar-refractivity contribution in [2.45, 2.75) is 0 Å². The van der Waals surface area contributed by atoms with Gasteiger partial charge in [-0.15, -0.1) is 22.7 Å². The van der Waals surface area contributed by atoms with E-state index in [1.165, 1.54) is 12.4 Å². The minimum atomic E-state index is -0.745. The highest BCUT2D eigenvalue weighted by molar-refractivity contribution is 7.12. The monoisotopic (exact) mass is 240 g/mol. The Morgan fingerprint density at radius 3 is 1.80 bits per heavy atom. The number of esters is 2. The molecule has 0 unspecified atom stereocenters. The van der Waals surface area contributed by atoms with Crippen LogP contribution in [0.5, 0.6) is 0 Å². The molecule has 0 bridgehead atoms. The van der Waals surface area contributed by atoms with Crippen molar-refractivity contribution < 1.29 is 14.3 Å². The summed E-state index contributed by atoms with van der Waals surface area (Å²) in [6.07, 6.45) is 2.93. The van der Waals surface area contributed by atoms with E-state index in [4.69, 9.17) is 0 Å². The number of thiazole rings is 2. The molecule has 0 aliphatic heterocycles. The molecular weight excluding hydrogens is 236 g/mol. The molecule has 5 nitrogen and oxygen atoms in total.